The normalized spacial score (nSPS) is 21.2. The van der Waals surface area contributed by atoms with Crippen LogP contribution in [0.5, 0.6) is 5.75 Å². The number of piperidine rings is 1. The minimum atomic E-state index is -0.0268. The van der Waals surface area contributed by atoms with Crippen LogP contribution in [-0.2, 0) is 16.0 Å². The standard InChI is InChI=1S/C18H24N2O3/c1-23-15-9-8-13-5-2-3-10-20(16(13)12-15)18(22)11-14-6-4-7-17(21)19-14/h8-9,12,14H,2-7,10-11H2,1H3,(H,19,21). The molecule has 0 radical (unpaired) electrons. The van der Waals surface area contributed by atoms with Crippen LogP contribution >= 0.6 is 0 Å². The molecule has 2 heterocycles. The van der Waals surface area contributed by atoms with Gasteiger partial charge in [0, 0.05) is 31.5 Å². The van der Waals surface area contributed by atoms with Gasteiger partial charge in [0.25, 0.3) is 0 Å². The van der Waals surface area contributed by atoms with E-state index < -0.39 is 0 Å². The monoisotopic (exact) mass is 316 g/mol. The first-order valence-electron chi connectivity index (χ1n) is 8.44. The van der Waals surface area contributed by atoms with Crippen molar-refractivity contribution < 1.29 is 14.3 Å². The van der Waals surface area contributed by atoms with Crippen LogP contribution < -0.4 is 15.0 Å². The Morgan fingerprint density at radius 2 is 2.17 bits per heavy atom. The second kappa shape index (κ2) is 7.02. The van der Waals surface area contributed by atoms with Gasteiger partial charge in [0.15, 0.2) is 0 Å². The summed E-state index contributed by atoms with van der Waals surface area (Å²) in [6.07, 6.45) is 5.79. The Kier molecular flexibility index (Phi) is 4.84. The van der Waals surface area contributed by atoms with E-state index in [-0.39, 0.29) is 17.9 Å². The number of benzene rings is 1. The number of fused-ring (bicyclic) bond motifs is 1. The second-order valence-electron chi connectivity index (χ2n) is 6.36. The van der Waals surface area contributed by atoms with Gasteiger partial charge in [-0.05, 0) is 43.7 Å². The number of amides is 2. The number of nitrogens with one attached hydrogen (secondary N) is 1. The fourth-order valence-electron chi connectivity index (χ4n) is 3.45. The smallest absolute Gasteiger partial charge is 0.229 e. The molecule has 1 aromatic rings. The van der Waals surface area contributed by atoms with Crippen molar-refractivity contribution in [1.29, 1.82) is 0 Å². The summed E-state index contributed by atoms with van der Waals surface area (Å²) >= 11 is 0. The van der Waals surface area contributed by atoms with Crippen LogP contribution in [-0.4, -0.2) is 31.5 Å². The molecule has 23 heavy (non-hydrogen) atoms. The number of anilines is 1. The third-order valence-corrected chi connectivity index (χ3v) is 4.70. The molecule has 2 aliphatic heterocycles. The molecule has 0 aromatic heterocycles. The van der Waals surface area contributed by atoms with Crippen LogP contribution in [0.2, 0.25) is 0 Å². The van der Waals surface area contributed by atoms with Crippen LogP contribution in [0.25, 0.3) is 0 Å². The number of hydrogen-bond donors (Lipinski definition) is 1. The number of aryl methyl sites for hydroxylation is 1. The number of rotatable bonds is 3. The highest BCUT2D eigenvalue weighted by Gasteiger charge is 2.26. The molecule has 5 nitrogen and oxygen atoms in total. The highest BCUT2D eigenvalue weighted by atomic mass is 16.5. The van der Waals surface area contributed by atoms with Gasteiger partial charge < -0.3 is 15.0 Å². The molecule has 1 N–H and O–H groups in total. The van der Waals surface area contributed by atoms with Gasteiger partial charge in [-0.2, -0.15) is 0 Å². The summed E-state index contributed by atoms with van der Waals surface area (Å²) in [6, 6.07) is 5.94. The third-order valence-electron chi connectivity index (χ3n) is 4.70. The molecular formula is C18H24N2O3. The highest BCUT2D eigenvalue weighted by Crippen LogP contribution is 2.31. The molecule has 0 bridgehead atoms. The Hall–Kier alpha value is -2.04. The van der Waals surface area contributed by atoms with Crippen molar-refractivity contribution in [3.05, 3.63) is 23.8 Å². The quantitative estimate of drug-likeness (QED) is 0.931. The molecule has 2 aliphatic rings. The van der Waals surface area contributed by atoms with Gasteiger partial charge in [0.05, 0.1) is 12.8 Å². The average Bonchev–Trinajstić information content (AvgIpc) is 2.76. The first-order valence-corrected chi connectivity index (χ1v) is 8.44. The molecule has 1 unspecified atom stereocenters. The minimum Gasteiger partial charge on any atom is -0.497 e. The van der Waals surface area contributed by atoms with Gasteiger partial charge in [-0.1, -0.05) is 6.07 Å². The lowest BCUT2D eigenvalue weighted by molar-refractivity contribution is -0.124. The Bertz CT molecular complexity index is 600. The molecular weight excluding hydrogens is 292 g/mol. The third kappa shape index (κ3) is 3.66. The molecule has 1 fully saturated rings. The number of nitrogens with zero attached hydrogens (tertiary/aromatic N) is 1. The van der Waals surface area contributed by atoms with E-state index in [1.165, 1.54) is 5.56 Å². The van der Waals surface area contributed by atoms with Crippen molar-refractivity contribution in [2.75, 3.05) is 18.6 Å². The molecule has 0 spiro atoms. The highest BCUT2D eigenvalue weighted by molar-refractivity contribution is 5.95. The van der Waals surface area contributed by atoms with Crippen molar-refractivity contribution >= 4 is 17.5 Å². The van der Waals surface area contributed by atoms with Crippen molar-refractivity contribution in [3.63, 3.8) is 0 Å². The molecule has 1 atom stereocenters. The van der Waals surface area contributed by atoms with Crippen molar-refractivity contribution in [1.82, 2.24) is 5.32 Å². The molecule has 1 saturated heterocycles. The largest absolute Gasteiger partial charge is 0.497 e. The zero-order chi connectivity index (χ0) is 16.2. The maximum absolute atomic E-state index is 12.8. The Labute approximate surface area is 137 Å². The molecule has 0 saturated carbocycles. The Morgan fingerprint density at radius 3 is 2.96 bits per heavy atom. The predicted octanol–water partition coefficient (Wildman–Crippen LogP) is 2.42. The van der Waals surface area contributed by atoms with Gasteiger partial charge >= 0.3 is 0 Å². The van der Waals surface area contributed by atoms with Crippen LogP contribution in [0.15, 0.2) is 18.2 Å². The van der Waals surface area contributed by atoms with Crippen molar-refractivity contribution in [2.24, 2.45) is 0 Å². The Morgan fingerprint density at radius 1 is 1.30 bits per heavy atom. The molecule has 5 heteroatoms. The maximum Gasteiger partial charge on any atom is 0.229 e. The predicted molar refractivity (Wildman–Crippen MR) is 88.7 cm³/mol. The minimum absolute atomic E-state index is 0.0268. The van der Waals surface area contributed by atoms with E-state index in [1.54, 1.807) is 7.11 Å². The molecule has 3 rings (SSSR count). The van der Waals surface area contributed by atoms with Gasteiger partial charge in [-0.15, -0.1) is 0 Å². The molecule has 0 aliphatic carbocycles. The lowest BCUT2D eigenvalue weighted by atomic mass is 10.0. The zero-order valence-corrected chi connectivity index (χ0v) is 13.6. The van der Waals surface area contributed by atoms with E-state index in [0.717, 1.165) is 50.1 Å². The zero-order valence-electron chi connectivity index (χ0n) is 13.6. The van der Waals surface area contributed by atoms with E-state index in [4.69, 9.17) is 4.74 Å². The Balaban J connectivity index is 1.78. The SMILES string of the molecule is COc1ccc2c(c1)N(C(=O)CC1CCCC(=O)N1)CCCC2. The van der Waals surface area contributed by atoms with Crippen LogP contribution in [0.1, 0.15) is 44.1 Å². The fraction of sp³-hybridized carbons (Fsp3) is 0.556. The maximum atomic E-state index is 12.8. The van der Waals surface area contributed by atoms with Gasteiger partial charge in [0.2, 0.25) is 11.8 Å². The number of carbonyl (C=O) groups is 2. The van der Waals surface area contributed by atoms with Crippen LogP contribution in [0, 0.1) is 0 Å². The lowest BCUT2D eigenvalue weighted by Gasteiger charge is -2.28. The van der Waals surface area contributed by atoms with E-state index in [9.17, 15) is 9.59 Å². The number of hydrogen-bond acceptors (Lipinski definition) is 3. The molecule has 2 amide bonds. The van der Waals surface area contributed by atoms with E-state index in [0.29, 0.717) is 12.8 Å². The fourth-order valence-corrected chi connectivity index (χ4v) is 3.45. The van der Waals surface area contributed by atoms with Crippen molar-refractivity contribution in [2.45, 2.75) is 51.0 Å². The first kappa shape index (κ1) is 15.8. The summed E-state index contributed by atoms with van der Waals surface area (Å²) in [5.74, 6) is 0.926. The summed E-state index contributed by atoms with van der Waals surface area (Å²) < 4.78 is 5.32. The number of carbonyl (C=O) groups excluding carboxylic acids is 2. The summed E-state index contributed by atoms with van der Waals surface area (Å²) in [4.78, 5) is 26.2. The summed E-state index contributed by atoms with van der Waals surface area (Å²) in [6.45, 7) is 0.736. The topological polar surface area (TPSA) is 58.6 Å². The summed E-state index contributed by atoms with van der Waals surface area (Å²) in [5.41, 5.74) is 2.17. The summed E-state index contributed by atoms with van der Waals surface area (Å²) in [5, 5.41) is 2.94. The summed E-state index contributed by atoms with van der Waals surface area (Å²) in [7, 11) is 1.64. The van der Waals surface area contributed by atoms with Gasteiger partial charge in [0.1, 0.15) is 5.75 Å². The first-order chi connectivity index (χ1) is 11.2. The van der Waals surface area contributed by atoms with E-state index in [2.05, 4.69) is 11.4 Å². The van der Waals surface area contributed by atoms with E-state index >= 15 is 0 Å². The molecule has 1 aromatic carbocycles. The van der Waals surface area contributed by atoms with Crippen molar-refractivity contribution in [3.8, 4) is 5.75 Å². The van der Waals surface area contributed by atoms with Gasteiger partial charge in [-0.25, -0.2) is 0 Å². The molecule has 124 valence electrons. The van der Waals surface area contributed by atoms with Gasteiger partial charge in [-0.3, -0.25) is 9.59 Å². The van der Waals surface area contributed by atoms with Crippen LogP contribution in [0.3, 0.4) is 0 Å². The average molecular weight is 316 g/mol. The number of ether oxygens (including phenoxy) is 1. The lowest BCUT2D eigenvalue weighted by Crippen LogP contribution is -2.43. The van der Waals surface area contributed by atoms with Crippen LogP contribution in [0.4, 0.5) is 5.69 Å². The van der Waals surface area contributed by atoms with E-state index in [1.807, 2.05) is 17.0 Å². The second-order valence-corrected chi connectivity index (χ2v) is 6.36. The number of methoxy groups -OCH3 is 1.